The first-order valence-corrected chi connectivity index (χ1v) is 6.54. The van der Waals surface area contributed by atoms with Crippen LogP contribution in [0.4, 0.5) is 5.69 Å². The van der Waals surface area contributed by atoms with E-state index in [4.69, 9.17) is 10.2 Å². The minimum absolute atomic E-state index is 0.732. The fourth-order valence-electron chi connectivity index (χ4n) is 2.37. The molecule has 0 saturated carbocycles. The van der Waals surface area contributed by atoms with Gasteiger partial charge in [-0.2, -0.15) is 5.10 Å². The maximum absolute atomic E-state index is 5.82. The predicted octanol–water partition coefficient (Wildman–Crippen LogP) is 3.26. The van der Waals surface area contributed by atoms with Crippen molar-refractivity contribution in [2.75, 3.05) is 5.73 Å². The molecule has 102 valence electrons. The van der Waals surface area contributed by atoms with Gasteiger partial charge < -0.3 is 10.2 Å². The summed E-state index contributed by atoms with van der Waals surface area (Å²) in [7, 11) is 0. The average molecular weight is 276 g/mol. The number of anilines is 1. The van der Waals surface area contributed by atoms with Crippen molar-refractivity contribution in [2.45, 2.75) is 0 Å². The number of hydrogen-bond donors (Lipinski definition) is 1. The normalized spacial score (nSPS) is 11.0. The fraction of sp³-hybridized carbons (Fsp3) is 0. The zero-order valence-electron chi connectivity index (χ0n) is 11.1. The van der Waals surface area contributed by atoms with E-state index < -0.39 is 0 Å². The van der Waals surface area contributed by atoms with Gasteiger partial charge in [-0.1, -0.05) is 12.1 Å². The van der Waals surface area contributed by atoms with Crippen LogP contribution >= 0.6 is 0 Å². The van der Waals surface area contributed by atoms with Gasteiger partial charge in [0.25, 0.3) is 0 Å². The number of rotatable bonds is 2. The van der Waals surface area contributed by atoms with Crippen molar-refractivity contribution < 1.29 is 4.42 Å². The highest BCUT2D eigenvalue weighted by Gasteiger charge is 2.09. The van der Waals surface area contributed by atoms with Crippen molar-refractivity contribution >= 4 is 16.7 Å². The van der Waals surface area contributed by atoms with Crippen molar-refractivity contribution in [1.82, 2.24) is 14.8 Å². The molecule has 4 aromatic rings. The second-order valence-electron chi connectivity index (χ2n) is 4.77. The van der Waals surface area contributed by atoms with E-state index in [0.717, 1.165) is 33.6 Å². The Bertz CT molecular complexity index is 923. The lowest BCUT2D eigenvalue weighted by Crippen LogP contribution is -1.97. The average Bonchev–Trinajstić information content (AvgIpc) is 3.16. The quantitative estimate of drug-likeness (QED) is 0.570. The van der Waals surface area contributed by atoms with Crippen LogP contribution in [0.2, 0.25) is 0 Å². The predicted molar refractivity (Wildman–Crippen MR) is 81.0 cm³/mol. The molecule has 0 atom stereocenters. The fourth-order valence-corrected chi connectivity index (χ4v) is 2.37. The molecule has 0 aliphatic carbocycles. The third-order valence-corrected chi connectivity index (χ3v) is 3.38. The lowest BCUT2D eigenvalue weighted by Gasteiger charge is -2.01. The van der Waals surface area contributed by atoms with Gasteiger partial charge in [0, 0.05) is 23.6 Å². The summed E-state index contributed by atoms with van der Waals surface area (Å²) >= 11 is 0. The molecule has 0 spiro atoms. The number of fused-ring (bicyclic) bond motifs is 1. The Balaban J connectivity index is 1.83. The van der Waals surface area contributed by atoms with Gasteiger partial charge in [-0.05, 0) is 29.8 Å². The number of nitrogen functional groups attached to an aromatic ring is 1. The molecule has 0 amide bonds. The lowest BCUT2D eigenvalue weighted by molar-refractivity contribution is 0.615. The van der Waals surface area contributed by atoms with E-state index in [2.05, 4.69) is 10.1 Å². The van der Waals surface area contributed by atoms with Gasteiger partial charge in [0.2, 0.25) is 0 Å². The van der Waals surface area contributed by atoms with Crippen molar-refractivity contribution in [1.29, 1.82) is 0 Å². The zero-order valence-corrected chi connectivity index (χ0v) is 11.1. The lowest BCUT2D eigenvalue weighted by atomic mass is 10.1. The SMILES string of the molecule is Nc1cccc(-c2cnn(-c3nccc4occc34)c2)c1. The monoisotopic (exact) mass is 276 g/mol. The number of aromatic nitrogens is 3. The van der Waals surface area contributed by atoms with Crippen LogP contribution in [0.3, 0.4) is 0 Å². The third kappa shape index (κ3) is 1.95. The Morgan fingerprint density at radius 3 is 2.95 bits per heavy atom. The van der Waals surface area contributed by atoms with E-state index in [9.17, 15) is 0 Å². The minimum Gasteiger partial charge on any atom is -0.464 e. The Kier molecular flexibility index (Phi) is 2.50. The van der Waals surface area contributed by atoms with Crippen LogP contribution in [0.5, 0.6) is 0 Å². The molecule has 5 heteroatoms. The van der Waals surface area contributed by atoms with Gasteiger partial charge in [0.15, 0.2) is 5.82 Å². The second kappa shape index (κ2) is 4.49. The van der Waals surface area contributed by atoms with Crippen molar-refractivity contribution in [3.63, 3.8) is 0 Å². The number of benzene rings is 1. The molecule has 1 aromatic carbocycles. The second-order valence-corrected chi connectivity index (χ2v) is 4.77. The van der Waals surface area contributed by atoms with Gasteiger partial charge in [-0.15, -0.1) is 0 Å². The molecule has 0 fully saturated rings. The molecule has 3 aromatic heterocycles. The minimum atomic E-state index is 0.732. The molecule has 0 unspecified atom stereocenters. The van der Waals surface area contributed by atoms with Crippen LogP contribution in [0, 0.1) is 0 Å². The molecule has 0 saturated heterocycles. The van der Waals surface area contributed by atoms with E-state index in [-0.39, 0.29) is 0 Å². The first-order chi connectivity index (χ1) is 10.3. The number of nitrogens with two attached hydrogens (primary N) is 1. The number of pyridine rings is 1. The van der Waals surface area contributed by atoms with Crippen LogP contribution in [-0.2, 0) is 0 Å². The molecule has 0 aliphatic rings. The first kappa shape index (κ1) is 11.7. The molecule has 2 N–H and O–H groups in total. The van der Waals surface area contributed by atoms with Crippen LogP contribution in [0.25, 0.3) is 27.9 Å². The Morgan fingerprint density at radius 1 is 1.10 bits per heavy atom. The topological polar surface area (TPSA) is 69.9 Å². The van der Waals surface area contributed by atoms with Gasteiger partial charge in [-0.25, -0.2) is 9.67 Å². The maximum Gasteiger partial charge on any atom is 0.164 e. The summed E-state index contributed by atoms with van der Waals surface area (Å²) in [4.78, 5) is 4.39. The van der Waals surface area contributed by atoms with Crippen molar-refractivity contribution in [3.05, 3.63) is 61.3 Å². The van der Waals surface area contributed by atoms with E-state index in [0.29, 0.717) is 0 Å². The standard InChI is InChI=1S/C16H12N4O/c17-13-3-1-2-11(8-13)12-9-19-20(10-12)16-14-5-7-21-15(14)4-6-18-16/h1-10H,17H2. The van der Waals surface area contributed by atoms with Gasteiger partial charge in [-0.3, -0.25) is 0 Å². The Morgan fingerprint density at radius 2 is 2.05 bits per heavy atom. The third-order valence-electron chi connectivity index (χ3n) is 3.38. The summed E-state index contributed by atoms with van der Waals surface area (Å²) in [6.45, 7) is 0. The van der Waals surface area contributed by atoms with E-state index in [1.165, 1.54) is 0 Å². The van der Waals surface area contributed by atoms with E-state index in [1.54, 1.807) is 23.3 Å². The summed E-state index contributed by atoms with van der Waals surface area (Å²) in [6, 6.07) is 11.4. The van der Waals surface area contributed by atoms with Crippen molar-refractivity contribution in [2.24, 2.45) is 0 Å². The Hall–Kier alpha value is -3.08. The summed E-state index contributed by atoms with van der Waals surface area (Å²) in [5.41, 5.74) is 9.37. The van der Waals surface area contributed by atoms with E-state index in [1.807, 2.05) is 42.6 Å². The molecule has 0 bridgehead atoms. The number of nitrogens with zero attached hydrogens (tertiary/aromatic N) is 3. The molecular weight excluding hydrogens is 264 g/mol. The highest BCUT2D eigenvalue weighted by Crippen LogP contribution is 2.24. The highest BCUT2D eigenvalue weighted by molar-refractivity contribution is 5.84. The zero-order chi connectivity index (χ0) is 14.2. The number of furan rings is 1. The summed E-state index contributed by atoms with van der Waals surface area (Å²) < 4.78 is 7.14. The molecule has 5 nitrogen and oxygen atoms in total. The molecule has 0 aliphatic heterocycles. The van der Waals surface area contributed by atoms with E-state index >= 15 is 0 Å². The summed E-state index contributed by atoms with van der Waals surface area (Å²) in [6.07, 6.45) is 7.10. The largest absolute Gasteiger partial charge is 0.464 e. The molecule has 21 heavy (non-hydrogen) atoms. The first-order valence-electron chi connectivity index (χ1n) is 6.54. The van der Waals surface area contributed by atoms with Crippen molar-refractivity contribution in [3.8, 4) is 16.9 Å². The van der Waals surface area contributed by atoms with Crippen LogP contribution in [-0.4, -0.2) is 14.8 Å². The summed E-state index contributed by atoms with van der Waals surface area (Å²) in [5, 5.41) is 5.32. The molecule has 4 rings (SSSR count). The van der Waals surface area contributed by atoms with Crippen LogP contribution < -0.4 is 5.73 Å². The number of hydrogen-bond acceptors (Lipinski definition) is 4. The van der Waals surface area contributed by atoms with Gasteiger partial charge in [0.1, 0.15) is 5.58 Å². The molecule has 0 radical (unpaired) electrons. The summed E-state index contributed by atoms with van der Waals surface area (Å²) in [5.74, 6) is 0.747. The van der Waals surface area contributed by atoms with Gasteiger partial charge >= 0.3 is 0 Å². The smallest absolute Gasteiger partial charge is 0.164 e. The molecule has 3 heterocycles. The highest BCUT2D eigenvalue weighted by atomic mass is 16.3. The van der Waals surface area contributed by atoms with Gasteiger partial charge in [0.05, 0.1) is 17.8 Å². The maximum atomic E-state index is 5.82. The van der Waals surface area contributed by atoms with Crippen LogP contribution in [0.15, 0.2) is 65.7 Å². The molecular formula is C16H12N4O. The van der Waals surface area contributed by atoms with Crippen LogP contribution in [0.1, 0.15) is 0 Å². The Labute approximate surface area is 120 Å².